The zero-order chi connectivity index (χ0) is 10.9. The molecular formula is C13H25NO. The predicted octanol–water partition coefficient (Wildman–Crippen LogP) is 2.89. The molecule has 1 aliphatic rings. The van der Waals surface area contributed by atoms with Gasteiger partial charge in [0.25, 0.3) is 0 Å². The van der Waals surface area contributed by atoms with Crippen molar-refractivity contribution in [3.63, 3.8) is 0 Å². The lowest BCUT2D eigenvalue weighted by atomic mass is 9.98. The Morgan fingerprint density at radius 1 is 1.40 bits per heavy atom. The summed E-state index contributed by atoms with van der Waals surface area (Å²) in [4.78, 5) is 0. The fraction of sp³-hybridized carbons (Fsp3) is 0.846. The summed E-state index contributed by atoms with van der Waals surface area (Å²) in [6.45, 7) is 0.880. The summed E-state index contributed by atoms with van der Waals surface area (Å²) >= 11 is 0. The van der Waals surface area contributed by atoms with Gasteiger partial charge in [-0.1, -0.05) is 18.1 Å². The van der Waals surface area contributed by atoms with Crippen LogP contribution < -0.4 is 5.32 Å². The Balaban J connectivity index is 2.37. The van der Waals surface area contributed by atoms with Gasteiger partial charge < -0.3 is 10.1 Å². The molecule has 1 aliphatic carbocycles. The maximum absolute atomic E-state index is 5.10. The maximum atomic E-state index is 5.10. The zero-order valence-electron chi connectivity index (χ0n) is 10.2. The van der Waals surface area contributed by atoms with E-state index in [1.54, 1.807) is 12.7 Å². The van der Waals surface area contributed by atoms with Gasteiger partial charge in [0.2, 0.25) is 0 Å². The van der Waals surface area contributed by atoms with Crippen molar-refractivity contribution in [3.05, 3.63) is 11.6 Å². The molecule has 0 radical (unpaired) electrons. The Morgan fingerprint density at radius 3 is 3.00 bits per heavy atom. The third-order valence-electron chi connectivity index (χ3n) is 3.21. The quantitative estimate of drug-likeness (QED) is 0.539. The first-order valence-electron chi connectivity index (χ1n) is 6.23. The number of allylic oxidation sites excluding steroid dienone is 1. The number of methoxy groups -OCH3 is 1. The highest BCUT2D eigenvalue weighted by molar-refractivity contribution is 5.11. The van der Waals surface area contributed by atoms with E-state index in [0.29, 0.717) is 6.04 Å². The molecule has 1 atom stereocenters. The lowest BCUT2D eigenvalue weighted by Crippen LogP contribution is -2.27. The molecule has 0 aromatic heterocycles. The molecule has 88 valence electrons. The van der Waals surface area contributed by atoms with Gasteiger partial charge >= 0.3 is 0 Å². The van der Waals surface area contributed by atoms with Crippen LogP contribution in [-0.2, 0) is 4.74 Å². The average molecular weight is 211 g/mol. The molecule has 0 bridgehead atoms. The molecule has 2 heteroatoms. The molecule has 0 amide bonds. The summed E-state index contributed by atoms with van der Waals surface area (Å²) in [7, 11) is 3.85. The van der Waals surface area contributed by atoms with Gasteiger partial charge in [0, 0.05) is 19.8 Å². The van der Waals surface area contributed by atoms with Gasteiger partial charge in [-0.15, -0.1) is 0 Å². The molecule has 0 aliphatic heterocycles. The van der Waals surface area contributed by atoms with Crippen molar-refractivity contribution in [2.75, 3.05) is 20.8 Å². The molecule has 0 fully saturated rings. The molecule has 2 nitrogen and oxygen atoms in total. The normalized spacial score (nSPS) is 19.5. The second kappa shape index (κ2) is 7.89. The number of nitrogens with one attached hydrogen (secondary N) is 1. The van der Waals surface area contributed by atoms with Crippen molar-refractivity contribution >= 4 is 0 Å². The number of rotatable bonds is 6. The number of likely N-dealkylation sites (N-methyl/N-ethyl adjacent to an activating group) is 1. The standard InChI is InChI=1S/C13H25NO/c1-14-13(10-7-11-15-2)12-8-5-3-4-6-9-12/h8,13-14H,3-7,9-11H2,1-2H3. The van der Waals surface area contributed by atoms with Gasteiger partial charge in [0.05, 0.1) is 0 Å². The van der Waals surface area contributed by atoms with Crippen LogP contribution in [0.15, 0.2) is 11.6 Å². The second-order valence-electron chi connectivity index (χ2n) is 4.35. The van der Waals surface area contributed by atoms with Gasteiger partial charge in [0.15, 0.2) is 0 Å². The highest BCUT2D eigenvalue weighted by Gasteiger charge is 2.12. The summed E-state index contributed by atoms with van der Waals surface area (Å²) in [5.41, 5.74) is 1.63. The van der Waals surface area contributed by atoms with E-state index in [0.717, 1.165) is 13.0 Å². The number of hydrogen-bond donors (Lipinski definition) is 1. The van der Waals surface area contributed by atoms with E-state index >= 15 is 0 Å². The zero-order valence-corrected chi connectivity index (χ0v) is 10.2. The first kappa shape index (κ1) is 12.7. The minimum atomic E-state index is 0.582. The van der Waals surface area contributed by atoms with Crippen molar-refractivity contribution in [3.8, 4) is 0 Å². The highest BCUT2D eigenvalue weighted by Crippen LogP contribution is 2.21. The number of ether oxygens (including phenoxy) is 1. The molecule has 0 spiro atoms. The lowest BCUT2D eigenvalue weighted by molar-refractivity contribution is 0.190. The molecule has 15 heavy (non-hydrogen) atoms. The van der Waals surface area contributed by atoms with E-state index in [1.165, 1.54) is 38.5 Å². The summed E-state index contributed by atoms with van der Waals surface area (Å²) in [5, 5.41) is 3.43. The third-order valence-corrected chi connectivity index (χ3v) is 3.21. The van der Waals surface area contributed by atoms with Crippen LogP contribution in [0, 0.1) is 0 Å². The van der Waals surface area contributed by atoms with Crippen LogP contribution in [0.25, 0.3) is 0 Å². The van der Waals surface area contributed by atoms with Crippen molar-refractivity contribution in [2.24, 2.45) is 0 Å². The van der Waals surface area contributed by atoms with Crippen LogP contribution in [0.1, 0.15) is 44.9 Å². The van der Waals surface area contributed by atoms with Gasteiger partial charge in [-0.3, -0.25) is 0 Å². The van der Waals surface area contributed by atoms with Crippen LogP contribution in [0.3, 0.4) is 0 Å². The largest absolute Gasteiger partial charge is 0.385 e. The minimum absolute atomic E-state index is 0.582. The summed E-state index contributed by atoms with van der Waals surface area (Å²) in [6.07, 6.45) is 11.5. The van der Waals surface area contributed by atoms with Crippen LogP contribution in [0.5, 0.6) is 0 Å². The minimum Gasteiger partial charge on any atom is -0.385 e. The van der Waals surface area contributed by atoms with Gasteiger partial charge in [-0.25, -0.2) is 0 Å². The fourth-order valence-corrected chi connectivity index (χ4v) is 2.30. The molecule has 1 N–H and O–H groups in total. The van der Waals surface area contributed by atoms with Crippen molar-refractivity contribution in [2.45, 2.75) is 51.0 Å². The summed E-state index contributed by atoms with van der Waals surface area (Å²) in [5.74, 6) is 0. The average Bonchev–Trinajstić information content (AvgIpc) is 2.53. The topological polar surface area (TPSA) is 21.3 Å². The van der Waals surface area contributed by atoms with E-state index in [1.807, 2.05) is 0 Å². The Hall–Kier alpha value is -0.340. The molecule has 0 aromatic carbocycles. The van der Waals surface area contributed by atoms with Gasteiger partial charge in [-0.2, -0.15) is 0 Å². The first-order valence-corrected chi connectivity index (χ1v) is 6.23. The van der Waals surface area contributed by atoms with Gasteiger partial charge in [-0.05, 0) is 45.6 Å². The first-order chi connectivity index (χ1) is 7.38. The molecule has 1 unspecified atom stereocenters. The van der Waals surface area contributed by atoms with E-state index in [-0.39, 0.29) is 0 Å². The highest BCUT2D eigenvalue weighted by atomic mass is 16.5. The van der Waals surface area contributed by atoms with Crippen LogP contribution in [-0.4, -0.2) is 26.8 Å². The summed E-state index contributed by atoms with van der Waals surface area (Å²) in [6, 6.07) is 0.582. The smallest absolute Gasteiger partial charge is 0.0462 e. The fourth-order valence-electron chi connectivity index (χ4n) is 2.30. The van der Waals surface area contributed by atoms with Crippen LogP contribution in [0.2, 0.25) is 0 Å². The Bertz CT molecular complexity index is 189. The Morgan fingerprint density at radius 2 is 2.27 bits per heavy atom. The van der Waals surface area contributed by atoms with E-state index in [2.05, 4.69) is 18.4 Å². The second-order valence-corrected chi connectivity index (χ2v) is 4.35. The third kappa shape index (κ3) is 4.80. The molecule has 0 saturated carbocycles. The SMILES string of the molecule is CNC(CCCOC)C1=CCCCCC1. The van der Waals surface area contributed by atoms with Gasteiger partial charge in [0.1, 0.15) is 0 Å². The summed E-state index contributed by atoms with van der Waals surface area (Å²) < 4.78 is 5.10. The van der Waals surface area contributed by atoms with Crippen molar-refractivity contribution < 1.29 is 4.74 Å². The van der Waals surface area contributed by atoms with E-state index in [9.17, 15) is 0 Å². The monoisotopic (exact) mass is 211 g/mol. The van der Waals surface area contributed by atoms with Crippen LogP contribution >= 0.6 is 0 Å². The van der Waals surface area contributed by atoms with Crippen LogP contribution in [0.4, 0.5) is 0 Å². The van der Waals surface area contributed by atoms with Crippen molar-refractivity contribution in [1.82, 2.24) is 5.32 Å². The maximum Gasteiger partial charge on any atom is 0.0462 e. The molecular weight excluding hydrogens is 186 g/mol. The van der Waals surface area contributed by atoms with E-state index < -0.39 is 0 Å². The lowest BCUT2D eigenvalue weighted by Gasteiger charge is -2.19. The van der Waals surface area contributed by atoms with Crippen molar-refractivity contribution in [1.29, 1.82) is 0 Å². The Kier molecular flexibility index (Phi) is 6.69. The van der Waals surface area contributed by atoms with E-state index in [4.69, 9.17) is 4.74 Å². The molecule has 1 rings (SSSR count). The Labute approximate surface area is 94.1 Å². The molecule has 0 heterocycles. The predicted molar refractivity (Wildman–Crippen MR) is 65.1 cm³/mol. The number of hydrogen-bond acceptors (Lipinski definition) is 2. The molecule has 0 aromatic rings. The molecule has 0 saturated heterocycles.